The van der Waals surface area contributed by atoms with Crippen LogP contribution in [-0.2, 0) is 14.6 Å². The van der Waals surface area contributed by atoms with Gasteiger partial charge in [0.2, 0.25) is 0 Å². The van der Waals surface area contributed by atoms with Crippen molar-refractivity contribution < 1.29 is 13.2 Å². The van der Waals surface area contributed by atoms with E-state index < -0.39 is 21.0 Å². The summed E-state index contributed by atoms with van der Waals surface area (Å²) in [5, 5.41) is 8.12. The molecule has 5 heteroatoms. The van der Waals surface area contributed by atoms with E-state index in [1.165, 1.54) is 19.1 Å². The third-order valence-electron chi connectivity index (χ3n) is 3.17. The molecule has 0 aromatic heterocycles. The molecular weight excluding hydrogens is 274 g/mol. The van der Waals surface area contributed by atoms with E-state index >= 15 is 0 Å². The Balaban J connectivity index is 3.16. The first-order chi connectivity index (χ1) is 9.43. The van der Waals surface area contributed by atoms with Gasteiger partial charge in [-0.1, -0.05) is 31.5 Å². The fourth-order valence-electron chi connectivity index (χ4n) is 2.29. The molecule has 0 aliphatic heterocycles. The smallest absolute Gasteiger partial charge is 0.194 e. The summed E-state index contributed by atoms with van der Waals surface area (Å²) < 4.78 is 25.1. The van der Waals surface area contributed by atoms with Crippen LogP contribution in [0.15, 0.2) is 35.2 Å². The minimum atomic E-state index is -3.73. The first-order valence-corrected chi connectivity index (χ1v) is 8.16. The molecule has 20 heavy (non-hydrogen) atoms. The predicted molar refractivity (Wildman–Crippen MR) is 76.7 cm³/mol. The molecule has 4 nitrogen and oxygen atoms in total. The Labute approximate surface area is 120 Å². The average Bonchev–Trinajstić information content (AvgIpc) is 2.40. The molecule has 0 amide bonds. The van der Waals surface area contributed by atoms with E-state index in [2.05, 4.69) is 0 Å². The minimum absolute atomic E-state index is 0.0908. The third kappa shape index (κ3) is 3.91. The quantitative estimate of drug-likeness (QED) is 0.774. The molecule has 0 saturated heterocycles. The van der Waals surface area contributed by atoms with Crippen molar-refractivity contribution in [1.82, 2.24) is 0 Å². The number of Topliss-reactive ketones (excluding diaryl/α,β-unsaturated/α-hetero) is 1. The van der Waals surface area contributed by atoms with Gasteiger partial charge in [-0.15, -0.1) is 0 Å². The van der Waals surface area contributed by atoms with Crippen molar-refractivity contribution >= 4 is 15.6 Å². The molecule has 1 unspecified atom stereocenters. The van der Waals surface area contributed by atoms with E-state index in [9.17, 15) is 18.5 Å². The second-order valence-corrected chi connectivity index (χ2v) is 6.93. The number of ketones is 1. The molecule has 1 rings (SSSR count). The van der Waals surface area contributed by atoms with E-state index in [-0.39, 0.29) is 17.1 Å². The summed E-state index contributed by atoms with van der Waals surface area (Å²) in [5.41, 5.74) is 0. The summed E-state index contributed by atoms with van der Waals surface area (Å²) in [6.07, 6.45) is 1.41. The molecule has 0 fully saturated rings. The van der Waals surface area contributed by atoms with Gasteiger partial charge in [0.25, 0.3) is 0 Å². The Morgan fingerprint density at radius 3 is 2.35 bits per heavy atom. The largest absolute Gasteiger partial charge is 0.300 e. The Hall–Kier alpha value is -1.67. The van der Waals surface area contributed by atoms with Gasteiger partial charge in [-0.2, -0.15) is 5.26 Å². The van der Waals surface area contributed by atoms with Crippen LogP contribution in [-0.4, -0.2) is 19.5 Å². The fraction of sp³-hybridized carbons (Fsp3) is 0.467. The molecule has 0 N–H and O–H groups in total. The van der Waals surface area contributed by atoms with Crippen LogP contribution in [0.4, 0.5) is 0 Å². The number of hydrogen-bond donors (Lipinski definition) is 0. The van der Waals surface area contributed by atoms with Gasteiger partial charge < -0.3 is 4.79 Å². The summed E-state index contributed by atoms with van der Waals surface area (Å²) >= 11 is 0. The zero-order valence-corrected chi connectivity index (χ0v) is 12.6. The summed E-state index contributed by atoms with van der Waals surface area (Å²) in [7, 11) is -3.73. The Morgan fingerprint density at radius 1 is 1.30 bits per heavy atom. The molecule has 0 aliphatic carbocycles. The van der Waals surface area contributed by atoms with Gasteiger partial charge in [0.15, 0.2) is 15.1 Å². The lowest BCUT2D eigenvalue weighted by Gasteiger charge is -2.20. The lowest BCUT2D eigenvalue weighted by atomic mass is 9.94. The topological polar surface area (TPSA) is 75.0 Å². The summed E-state index contributed by atoms with van der Waals surface area (Å²) in [6.45, 7) is 3.34. The summed E-state index contributed by atoms with van der Waals surface area (Å²) in [5.74, 6) is -0.542. The van der Waals surface area contributed by atoms with Crippen LogP contribution < -0.4 is 0 Å². The van der Waals surface area contributed by atoms with Gasteiger partial charge in [-0.05, 0) is 31.4 Å². The molecule has 0 spiro atoms. The highest BCUT2D eigenvalue weighted by Gasteiger charge is 2.34. The van der Waals surface area contributed by atoms with Crippen LogP contribution in [0.3, 0.4) is 0 Å². The van der Waals surface area contributed by atoms with E-state index in [1.807, 2.05) is 13.0 Å². The minimum Gasteiger partial charge on any atom is -0.300 e. The number of benzene rings is 1. The number of nitriles is 1. The zero-order valence-electron chi connectivity index (χ0n) is 11.7. The number of sulfone groups is 1. The van der Waals surface area contributed by atoms with E-state index in [0.717, 1.165) is 6.42 Å². The number of rotatable bonds is 7. The van der Waals surface area contributed by atoms with E-state index in [4.69, 9.17) is 0 Å². The molecule has 1 aromatic rings. The number of carbonyl (C=O) groups is 1. The van der Waals surface area contributed by atoms with Crippen molar-refractivity contribution in [2.24, 2.45) is 5.92 Å². The zero-order chi connectivity index (χ0) is 15.2. The second kappa shape index (κ2) is 7.20. The van der Waals surface area contributed by atoms with E-state index in [1.54, 1.807) is 18.2 Å². The lowest BCUT2D eigenvalue weighted by molar-refractivity contribution is -0.117. The highest BCUT2D eigenvalue weighted by Crippen LogP contribution is 2.27. The highest BCUT2D eigenvalue weighted by molar-refractivity contribution is 7.92. The normalized spacial score (nSPS) is 14.2. The van der Waals surface area contributed by atoms with Crippen molar-refractivity contribution in [1.29, 1.82) is 5.26 Å². The molecule has 1 aromatic carbocycles. The number of hydrogen-bond acceptors (Lipinski definition) is 4. The number of nitrogens with zero attached hydrogens (tertiary/aromatic N) is 1. The molecule has 0 heterocycles. The Kier molecular flexibility index (Phi) is 5.90. The van der Waals surface area contributed by atoms with Gasteiger partial charge >= 0.3 is 0 Å². The SMILES string of the molecule is CCC[C@@H](CC(C)=O)C(C#N)S(=O)(=O)c1ccccc1. The van der Waals surface area contributed by atoms with Crippen molar-refractivity contribution in [2.75, 3.05) is 0 Å². The van der Waals surface area contributed by atoms with Crippen molar-refractivity contribution in [2.45, 2.75) is 43.3 Å². The third-order valence-corrected chi connectivity index (χ3v) is 5.26. The van der Waals surface area contributed by atoms with Crippen LogP contribution in [0, 0.1) is 17.2 Å². The van der Waals surface area contributed by atoms with Gasteiger partial charge in [-0.3, -0.25) is 0 Å². The lowest BCUT2D eigenvalue weighted by Crippen LogP contribution is -2.30. The van der Waals surface area contributed by atoms with Gasteiger partial charge in [0.05, 0.1) is 11.0 Å². The van der Waals surface area contributed by atoms with Crippen LogP contribution in [0.25, 0.3) is 0 Å². The molecule has 2 atom stereocenters. The molecule has 0 aliphatic rings. The van der Waals surface area contributed by atoms with Gasteiger partial charge in [0.1, 0.15) is 5.78 Å². The molecule has 108 valence electrons. The van der Waals surface area contributed by atoms with Gasteiger partial charge in [-0.25, -0.2) is 8.42 Å². The highest BCUT2D eigenvalue weighted by atomic mass is 32.2. The first-order valence-electron chi connectivity index (χ1n) is 6.61. The first kappa shape index (κ1) is 16.4. The monoisotopic (exact) mass is 293 g/mol. The maximum atomic E-state index is 12.5. The second-order valence-electron chi connectivity index (χ2n) is 4.86. The maximum absolute atomic E-state index is 12.5. The average molecular weight is 293 g/mol. The molecule has 0 radical (unpaired) electrons. The Morgan fingerprint density at radius 2 is 1.90 bits per heavy atom. The van der Waals surface area contributed by atoms with Crippen LogP contribution in [0.2, 0.25) is 0 Å². The standard InChI is InChI=1S/C15H19NO3S/c1-3-7-13(10-12(2)17)15(11-16)20(18,19)14-8-5-4-6-9-14/h4-6,8-9,13,15H,3,7,10H2,1-2H3/t13-,15?/m0/s1. The van der Waals surface area contributed by atoms with E-state index in [0.29, 0.717) is 6.42 Å². The number of carbonyl (C=O) groups excluding carboxylic acids is 1. The van der Waals surface area contributed by atoms with Crippen molar-refractivity contribution in [3.8, 4) is 6.07 Å². The van der Waals surface area contributed by atoms with Gasteiger partial charge in [0, 0.05) is 6.42 Å². The summed E-state index contributed by atoms with van der Waals surface area (Å²) in [6, 6.07) is 9.83. The van der Waals surface area contributed by atoms with Crippen molar-refractivity contribution in [3.63, 3.8) is 0 Å². The molecule has 0 bridgehead atoms. The van der Waals surface area contributed by atoms with Crippen LogP contribution >= 0.6 is 0 Å². The van der Waals surface area contributed by atoms with Crippen LogP contribution in [0.1, 0.15) is 33.1 Å². The van der Waals surface area contributed by atoms with Crippen LogP contribution in [0.5, 0.6) is 0 Å². The maximum Gasteiger partial charge on any atom is 0.194 e. The fourth-order valence-corrected chi connectivity index (χ4v) is 3.99. The Bertz CT molecular complexity index is 587. The van der Waals surface area contributed by atoms with Crippen molar-refractivity contribution in [3.05, 3.63) is 30.3 Å². The molecular formula is C15H19NO3S. The molecule has 0 saturated carbocycles. The summed E-state index contributed by atoms with van der Waals surface area (Å²) in [4.78, 5) is 11.4. The predicted octanol–water partition coefficient (Wildman–Crippen LogP) is 2.75.